The highest BCUT2D eigenvalue weighted by atomic mass is 32.1. The number of unbranched alkanes of at least 4 members (excludes halogenated alkanes) is 1. The number of hydrogen-bond acceptors (Lipinski definition) is 5. The minimum Gasteiger partial charge on any atom is -0.465 e. The van der Waals surface area contributed by atoms with Crippen molar-refractivity contribution < 1.29 is 9.53 Å². The van der Waals surface area contributed by atoms with Gasteiger partial charge in [-0.1, -0.05) is 13.3 Å². The predicted octanol–water partition coefficient (Wildman–Crippen LogP) is 1.92. The van der Waals surface area contributed by atoms with Crippen molar-refractivity contribution in [3.63, 3.8) is 0 Å². The van der Waals surface area contributed by atoms with Crippen LogP contribution in [0.3, 0.4) is 0 Å². The molecular weight excluding hydrogens is 224 g/mol. The quantitative estimate of drug-likeness (QED) is 0.541. The Morgan fingerprint density at radius 2 is 2.44 bits per heavy atom. The number of rotatable bonds is 7. The van der Waals surface area contributed by atoms with E-state index in [1.54, 1.807) is 16.8 Å². The van der Waals surface area contributed by atoms with Crippen LogP contribution in [0.5, 0.6) is 0 Å². The zero-order valence-electron chi connectivity index (χ0n) is 9.81. The third-order valence-electron chi connectivity index (χ3n) is 2.08. The first-order valence-electron chi connectivity index (χ1n) is 5.43. The molecule has 0 radical (unpaired) electrons. The van der Waals surface area contributed by atoms with Crippen molar-refractivity contribution in [1.29, 1.82) is 0 Å². The van der Waals surface area contributed by atoms with Gasteiger partial charge in [-0.2, -0.15) is 0 Å². The number of esters is 1. The predicted molar refractivity (Wildman–Crippen MR) is 64.3 cm³/mol. The summed E-state index contributed by atoms with van der Waals surface area (Å²) >= 11 is 1.56. The Bertz CT molecular complexity index is 301. The van der Waals surface area contributed by atoms with Gasteiger partial charge in [0.15, 0.2) is 0 Å². The van der Waals surface area contributed by atoms with Crippen molar-refractivity contribution in [2.75, 3.05) is 20.2 Å². The van der Waals surface area contributed by atoms with E-state index in [4.69, 9.17) is 4.74 Å². The van der Waals surface area contributed by atoms with Crippen LogP contribution in [-0.4, -0.2) is 36.1 Å². The van der Waals surface area contributed by atoms with Gasteiger partial charge >= 0.3 is 5.97 Å². The van der Waals surface area contributed by atoms with Gasteiger partial charge in [0, 0.05) is 11.9 Å². The Morgan fingerprint density at radius 3 is 3.06 bits per heavy atom. The molecule has 0 unspecified atom stereocenters. The fourth-order valence-electron chi connectivity index (χ4n) is 1.24. The van der Waals surface area contributed by atoms with Crippen molar-refractivity contribution >= 4 is 17.3 Å². The standard InChI is InChI=1S/C11H18N2O2S/c1-3-4-5-15-11(14)7-13(2)6-10-8-16-9-12-10/h8-9H,3-7H2,1-2H3. The summed E-state index contributed by atoms with van der Waals surface area (Å²) in [6.07, 6.45) is 1.98. The van der Waals surface area contributed by atoms with Crippen LogP contribution in [0, 0.1) is 0 Å². The van der Waals surface area contributed by atoms with E-state index in [-0.39, 0.29) is 5.97 Å². The molecule has 4 nitrogen and oxygen atoms in total. The van der Waals surface area contributed by atoms with E-state index >= 15 is 0 Å². The molecule has 0 bridgehead atoms. The topological polar surface area (TPSA) is 42.4 Å². The number of carbonyl (C=O) groups is 1. The molecule has 0 saturated heterocycles. The Kier molecular flexibility index (Phi) is 6.03. The van der Waals surface area contributed by atoms with Gasteiger partial charge in [0.25, 0.3) is 0 Å². The van der Waals surface area contributed by atoms with Crippen molar-refractivity contribution in [2.45, 2.75) is 26.3 Å². The minimum absolute atomic E-state index is 0.161. The van der Waals surface area contributed by atoms with Crippen molar-refractivity contribution in [3.05, 3.63) is 16.6 Å². The Morgan fingerprint density at radius 1 is 1.62 bits per heavy atom. The number of thiazole rings is 1. The molecule has 0 saturated carbocycles. The van der Waals surface area contributed by atoms with Crippen LogP contribution in [0.2, 0.25) is 0 Å². The first-order chi connectivity index (χ1) is 7.72. The summed E-state index contributed by atoms with van der Waals surface area (Å²) < 4.78 is 5.07. The molecule has 90 valence electrons. The number of ether oxygens (including phenoxy) is 1. The highest BCUT2D eigenvalue weighted by molar-refractivity contribution is 7.07. The maximum atomic E-state index is 11.4. The van der Waals surface area contributed by atoms with Crippen LogP contribution < -0.4 is 0 Å². The summed E-state index contributed by atoms with van der Waals surface area (Å²) in [6.45, 7) is 3.61. The fourth-order valence-corrected chi connectivity index (χ4v) is 1.79. The summed E-state index contributed by atoms with van der Waals surface area (Å²) in [5.74, 6) is -0.161. The lowest BCUT2D eigenvalue weighted by molar-refractivity contribution is -0.144. The van der Waals surface area contributed by atoms with Crippen molar-refractivity contribution in [1.82, 2.24) is 9.88 Å². The molecule has 0 amide bonds. The fraction of sp³-hybridized carbons (Fsp3) is 0.636. The van der Waals surface area contributed by atoms with Crippen molar-refractivity contribution in [3.8, 4) is 0 Å². The molecule has 0 aliphatic rings. The molecule has 1 rings (SSSR count). The van der Waals surface area contributed by atoms with Crippen LogP contribution in [0.15, 0.2) is 10.9 Å². The highest BCUT2D eigenvalue weighted by Crippen LogP contribution is 2.03. The Labute approximate surface area is 100 Å². The summed E-state index contributed by atoms with van der Waals surface area (Å²) in [4.78, 5) is 17.4. The highest BCUT2D eigenvalue weighted by Gasteiger charge is 2.08. The molecule has 0 fully saturated rings. The molecule has 5 heteroatoms. The van der Waals surface area contributed by atoms with Crippen LogP contribution in [0.4, 0.5) is 0 Å². The Hall–Kier alpha value is -0.940. The van der Waals surface area contributed by atoms with Gasteiger partial charge < -0.3 is 4.74 Å². The van der Waals surface area contributed by atoms with Gasteiger partial charge in [-0.05, 0) is 13.5 Å². The van der Waals surface area contributed by atoms with E-state index in [1.165, 1.54) is 0 Å². The van der Waals surface area contributed by atoms with Crippen LogP contribution in [0.25, 0.3) is 0 Å². The normalized spacial score (nSPS) is 10.7. The molecule has 0 atom stereocenters. The van der Waals surface area contributed by atoms with E-state index in [0.29, 0.717) is 19.7 Å². The second kappa shape index (κ2) is 7.35. The molecule has 0 aromatic carbocycles. The largest absolute Gasteiger partial charge is 0.465 e. The maximum absolute atomic E-state index is 11.4. The monoisotopic (exact) mass is 242 g/mol. The molecule has 1 aromatic heterocycles. The number of likely N-dealkylation sites (N-methyl/N-ethyl adjacent to an activating group) is 1. The van der Waals surface area contributed by atoms with E-state index in [0.717, 1.165) is 18.5 Å². The molecular formula is C11H18N2O2S. The molecule has 0 aliphatic heterocycles. The second-order valence-electron chi connectivity index (χ2n) is 3.73. The number of nitrogens with zero attached hydrogens (tertiary/aromatic N) is 2. The lowest BCUT2D eigenvalue weighted by atomic mass is 10.4. The molecule has 1 heterocycles. The van der Waals surface area contributed by atoms with E-state index < -0.39 is 0 Å². The maximum Gasteiger partial charge on any atom is 0.320 e. The van der Waals surface area contributed by atoms with Gasteiger partial charge in [-0.3, -0.25) is 9.69 Å². The summed E-state index contributed by atoms with van der Waals surface area (Å²) in [7, 11) is 1.89. The van der Waals surface area contributed by atoms with Crippen LogP contribution in [-0.2, 0) is 16.1 Å². The van der Waals surface area contributed by atoms with E-state index in [1.807, 2.05) is 17.3 Å². The van der Waals surface area contributed by atoms with Crippen LogP contribution >= 0.6 is 11.3 Å². The Balaban J connectivity index is 2.18. The smallest absolute Gasteiger partial charge is 0.320 e. The molecule has 0 spiro atoms. The molecule has 16 heavy (non-hydrogen) atoms. The summed E-state index contributed by atoms with van der Waals surface area (Å²) in [5.41, 5.74) is 2.79. The lowest BCUT2D eigenvalue weighted by Crippen LogP contribution is -2.27. The van der Waals surface area contributed by atoms with Gasteiger partial charge in [-0.15, -0.1) is 11.3 Å². The third-order valence-corrected chi connectivity index (χ3v) is 2.71. The van der Waals surface area contributed by atoms with Gasteiger partial charge in [0.1, 0.15) is 0 Å². The SMILES string of the molecule is CCCCOC(=O)CN(C)Cc1cscn1. The molecule has 0 aliphatic carbocycles. The number of carbonyl (C=O) groups excluding carboxylic acids is 1. The average Bonchev–Trinajstić information content (AvgIpc) is 2.70. The van der Waals surface area contributed by atoms with Crippen LogP contribution in [0.1, 0.15) is 25.5 Å². The van der Waals surface area contributed by atoms with Gasteiger partial charge in [0.2, 0.25) is 0 Å². The molecule has 1 aromatic rings. The van der Waals surface area contributed by atoms with E-state index in [9.17, 15) is 4.79 Å². The lowest BCUT2D eigenvalue weighted by Gasteiger charge is -2.14. The zero-order chi connectivity index (χ0) is 11.8. The average molecular weight is 242 g/mol. The minimum atomic E-state index is -0.161. The van der Waals surface area contributed by atoms with Gasteiger partial charge in [-0.25, -0.2) is 4.98 Å². The van der Waals surface area contributed by atoms with E-state index in [2.05, 4.69) is 11.9 Å². The number of hydrogen-bond donors (Lipinski definition) is 0. The summed E-state index contributed by atoms with van der Waals surface area (Å²) in [6, 6.07) is 0. The van der Waals surface area contributed by atoms with Crippen molar-refractivity contribution in [2.24, 2.45) is 0 Å². The first-order valence-corrected chi connectivity index (χ1v) is 6.38. The second-order valence-corrected chi connectivity index (χ2v) is 4.44. The summed E-state index contributed by atoms with van der Waals surface area (Å²) in [5, 5.41) is 1.99. The van der Waals surface area contributed by atoms with Gasteiger partial charge in [0.05, 0.1) is 24.4 Å². The first kappa shape index (κ1) is 13.1. The molecule has 0 N–H and O–H groups in total. The zero-order valence-corrected chi connectivity index (χ0v) is 10.6. The third kappa shape index (κ3) is 5.23. The number of aromatic nitrogens is 1.